The topological polar surface area (TPSA) is 6.48 Å². The molecule has 1 aromatic rings. The van der Waals surface area contributed by atoms with E-state index < -0.39 is 0 Å². The average Bonchev–Trinajstić information content (AvgIpc) is 2.62. The lowest BCUT2D eigenvalue weighted by atomic mass is 10.1. The maximum absolute atomic E-state index is 2.74. The minimum absolute atomic E-state index is 0.701. The van der Waals surface area contributed by atoms with Crippen LogP contribution in [-0.4, -0.2) is 41.0 Å². The molecule has 2 heterocycles. The molecule has 0 saturated carbocycles. The molecule has 0 aromatic heterocycles. The van der Waals surface area contributed by atoms with Gasteiger partial charge in [0, 0.05) is 37.8 Å². The minimum Gasteiger partial charge on any atom is -0.298 e. The van der Waals surface area contributed by atoms with Crippen LogP contribution in [0.5, 0.6) is 0 Å². The zero-order valence-corrected chi connectivity index (χ0v) is 11.5. The van der Waals surface area contributed by atoms with Gasteiger partial charge in [-0.2, -0.15) is 0 Å². The fourth-order valence-electron chi connectivity index (χ4n) is 3.50. The lowest BCUT2D eigenvalue weighted by Crippen LogP contribution is -2.54. The van der Waals surface area contributed by atoms with Crippen LogP contribution in [0.15, 0.2) is 30.3 Å². The Morgan fingerprint density at radius 2 is 1.67 bits per heavy atom. The molecule has 0 radical (unpaired) electrons. The zero-order valence-electron chi connectivity index (χ0n) is 11.5. The van der Waals surface area contributed by atoms with Gasteiger partial charge in [0.2, 0.25) is 0 Å². The first-order valence-electron chi connectivity index (χ1n) is 7.28. The second-order valence-electron chi connectivity index (χ2n) is 6.09. The summed E-state index contributed by atoms with van der Waals surface area (Å²) in [5.41, 5.74) is 1.47. The fourth-order valence-corrected chi connectivity index (χ4v) is 3.50. The maximum atomic E-state index is 2.74. The number of hydrogen-bond acceptors (Lipinski definition) is 2. The Labute approximate surface area is 111 Å². The second-order valence-corrected chi connectivity index (χ2v) is 6.09. The second kappa shape index (κ2) is 5.02. The molecular weight excluding hydrogens is 220 g/mol. The van der Waals surface area contributed by atoms with Crippen LogP contribution in [0.2, 0.25) is 0 Å². The average molecular weight is 244 g/mol. The molecule has 1 aromatic carbocycles. The van der Waals surface area contributed by atoms with Crippen molar-refractivity contribution in [1.29, 1.82) is 0 Å². The molecular formula is C16H24N2. The minimum atomic E-state index is 0.701. The third-order valence-electron chi connectivity index (χ3n) is 4.60. The zero-order chi connectivity index (χ0) is 12.5. The molecule has 2 fully saturated rings. The van der Waals surface area contributed by atoms with Gasteiger partial charge in [-0.25, -0.2) is 0 Å². The summed E-state index contributed by atoms with van der Waals surface area (Å²) in [6.07, 6.45) is 2.78. The van der Waals surface area contributed by atoms with Gasteiger partial charge in [0.05, 0.1) is 0 Å². The van der Waals surface area contributed by atoms with Crippen molar-refractivity contribution in [2.45, 2.75) is 51.4 Å². The fraction of sp³-hybridized carbons (Fsp3) is 0.625. The Balaban J connectivity index is 1.69. The van der Waals surface area contributed by atoms with Crippen molar-refractivity contribution in [2.75, 3.05) is 13.1 Å². The number of piperazine rings is 1. The van der Waals surface area contributed by atoms with E-state index in [1.54, 1.807) is 0 Å². The first-order valence-corrected chi connectivity index (χ1v) is 7.28. The van der Waals surface area contributed by atoms with E-state index in [0.29, 0.717) is 6.04 Å². The normalized spacial score (nSPS) is 29.1. The largest absolute Gasteiger partial charge is 0.298 e. The lowest BCUT2D eigenvalue weighted by molar-refractivity contribution is 0.0442. The summed E-state index contributed by atoms with van der Waals surface area (Å²) >= 11 is 0. The number of rotatable bonds is 3. The van der Waals surface area contributed by atoms with E-state index in [-0.39, 0.29) is 0 Å². The van der Waals surface area contributed by atoms with Crippen LogP contribution in [0.1, 0.15) is 32.3 Å². The molecule has 0 spiro atoms. The molecule has 2 aliphatic heterocycles. The van der Waals surface area contributed by atoms with Crippen LogP contribution in [0, 0.1) is 0 Å². The van der Waals surface area contributed by atoms with Crippen LogP contribution in [0.25, 0.3) is 0 Å². The van der Waals surface area contributed by atoms with Gasteiger partial charge in [0.15, 0.2) is 0 Å². The van der Waals surface area contributed by atoms with E-state index in [2.05, 4.69) is 54.0 Å². The van der Waals surface area contributed by atoms with Crippen molar-refractivity contribution in [2.24, 2.45) is 0 Å². The highest BCUT2D eigenvalue weighted by molar-refractivity contribution is 5.15. The Hall–Kier alpha value is -0.860. The highest BCUT2D eigenvalue weighted by atomic mass is 15.3. The maximum Gasteiger partial charge on any atom is 0.0240 e. The third-order valence-corrected chi connectivity index (χ3v) is 4.60. The predicted octanol–water partition coefficient (Wildman–Crippen LogP) is 2.74. The lowest BCUT2D eigenvalue weighted by Gasteiger charge is -2.42. The van der Waals surface area contributed by atoms with Crippen molar-refractivity contribution >= 4 is 0 Å². The highest BCUT2D eigenvalue weighted by Crippen LogP contribution is 2.32. The molecule has 98 valence electrons. The van der Waals surface area contributed by atoms with Crippen LogP contribution in [0.3, 0.4) is 0 Å². The summed E-state index contributed by atoms with van der Waals surface area (Å²) < 4.78 is 0. The monoisotopic (exact) mass is 244 g/mol. The molecule has 2 atom stereocenters. The molecule has 0 N–H and O–H groups in total. The molecule has 2 heteroatoms. The van der Waals surface area contributed by atoms with Crippen LogP contribution >= 0.6 is 0 Å². The Morgan fingerprint density at radius 1 is 1.06 bits per heavy atom. The van der Waals surface area contributed by atoms with E-state index in [1.807, 2.05) is 0 Å². The summed E-state index contributed by atoms with van der Waals surface area (Å²) in [6.45, 7) is 8.32. The summed E-state index contributed by atoms with van der Waals surface area (Å²) in [5.74, 6) is 0. The molecule has 2 aliphatic rings. The van der Waals surface area contributed by atoms with Gasteiger partial charge >= 0.3 is 0 Å². The molecule has 3 rings (SSSR count). The van der Waals surface area contributed by atoms with Crippen LogP contribution in [-0.2, 0) is 6.54 Å². The van der Waals surface area contributed by atoms with E-state index in [1.165, 1.54) is 31.5 Å². The van der Waals surface area contributed by atoms with Gasteiger partial charge < -0.3 is 0 Å². The Bertz CT molecular complexity index is 373. The summed E-state index contributed by atoms with van der Waals surface area (Å²) in [6, 6.07) is 13.2. The molecule has 2 saturated heterocycles. The first kappa shape index (κ1) is 12.2. The number of nitrogens with zero attached hydrogens (tertiary/aromatic N) is 2. The molecule has 2 unspecified atom stereocenters. The van der Waals surface area contributed by atoms with Gasteiger partial charge in [-0.15, -0.1) is 0 Å². The Kier molecular flexibility index (Phi) is 3.40. The van der Waals surface area contributed by atoms with Gasteiger partial charge in [-0.1, -0.05) is 30.3 Å². The number of likely N-dealkylation sites (tertiary alicyclic amines) is 1. The molecule has 2 nitrogen and oxygen atoms in total. The van der Waals surface area contributed by atoms with Gasteiger partial charge in [0.25, 0.3) is 0 Å². The van der Waals surface area contributed by atoms with Crippen LogP contribution in [0.4, 0.5) is 0 Å². The number of hydrogen-bond donors (Lipinski definition) is 0. The van der Waals surface area contributed by atoms with E-state index in [9.17, 15) is 0 Å². The smallest absolute Gasteiger partial charge is 0.0240 e. The van der Waals surface area contributed by atoms with E-state index >= 15 is 0 Å². The summed E-state index contributed by atoms with van der Waals surface area (Å²) in [7, 11) is 0. The SMILES string of the molecule is CC(C)N1CC2CCC(C1)N2Cc1ccccc1. The van der Waals surface area contributed by atoms with Gasteiger partial charge in [0.1, 0.15) is 0 Å². The van der Waals surface area contributed by atoms with Crippen molar-refractivity contribution in [3.8, 4) is 0 Å². The van der Waals surface area contributed by atoms with Gasteiger partial charge in [-0.3, -0.25) is 9.80 Å². The van der Waals surface area contributed by atoms with E-state index in [4.69, 9.17) is 0 Å². The summed E-state index contributed by atoms with van der Waals surface area (Å²) in [4.78, 5) is 5.40. The van der Waals surface area contributed by atoms with Crippen molar-refractivity contribution in [3.63, 3.8) is 0 Å². The molecule has 18 heavy (non-hydrogen) atoms. The summed E-state index contributed by atoms with van der Waals surface area (Å²) in [5, 5.41) is 0. The predicted molar refractivity (Wildman–Crippen MR) is 75.5 cm³/mol. The van der Waals surface area contributed by atoms with Gasteiger partial charge in [-0.05, 0) is 32.3 Å². The molecule has 2 bridgehead atoms. The standard InChI is InChI=1S/C16H24N2/c1-13(2)17-11-15-8-9-16(12-17)18(15)10-14-6-4-3-5-7-14/h3-7,13,15-16H,8-12H2,1-2H3. The molecule has 0 amide bonds. The third kappa shape index (κ3) is 2.32. The first-order chi connectivity index (χ1) is 8.74. The number of fused-ring (bicyclic) bond motifs is 2. The van der Waals surface area contributed by atoms with Crippen molar-refractivity contribution in [3.05, 3.63) is 35.9 Å². The quantitative estimate of drug-likeness (QED) is 0.806. The van der Waals surface area contributed by atoms with Crippen molar-refractivity contribution < 1.29 is 0 Å². The van der Waals surface area contributed by atoms with Crippen LogP contribution < -0.4 is 0 Å². The Morgan fingerprint density at radius 3 is 2.22 bits per heavy atom. The van der Waals surface area contributed by atoms with E-state index in [0.717, 1.165) is 18.6 Å². The number of benzene rings is 1. The highest BCUT2D eigenvalue weighted by Gasteiger charge is 2.40. The molecule has 0 aliphatic carbocycles. The van der Waals surface area contributed by atoms with Crippen molar-refractivity contribution in [1.82, 2.24) is 9.80 Å².